The minimum atomic E-state index is -0.690. The van der Waals surface area contributed by atoms with Crippen molar-refractivity contribution in [2.75, 3.05) is 14.2 Å². The van der Waals surface area contributed by atoms with Crippen molar-refractivity contribution in [3.8, 4) is 0 Å². The van der Waals surface area contributed by atoms with E-state index in [-0.39, 0.29) is 17.1 Å². The second kappa shape index (κ2) is 7.22. The van der Waals surface area contributed by atoms with Gasteiger partial charge in [0, 0.05) is 5.56 Å². The molecule has 0 radical (unpaired) electrons. The van der Waals surface area contributed by atoms with Gasteiger partial charge in [-0.2, -0.15) is 0 Å². The quantitative estimate of drug-likeness (QED) is 0.690. The molecule has 0 bridgehead atoms. The number of hydrogen-bond donors (Lipinski definition) is 1. The largest absolute Gasteiger partial charge is 0.507 e. The van der Waals surface area contributed by atoms with Crippen LogP contribution < -0.4 is 0 Å². The first kappa shape index (κ1) is 16.2. The molecular weight excluding hydrogens is 298 g/mol. The Balaban J connectivity index is 2.48. The third-order valence-electron chi connectivity index (χ3n) is 3.01. The van der Waals surface area contributed by atoms with Crippen LogP contribution in [-0.2, 0) is 9.47 Å². The van der Waals surface area contributed by atoms with Crippen LogP contribution in [0.2, 0.25) is 0 Å². The Morgan fingerprint density at radius 2 is 1.52 bits per heavy atom. The van der Waals surface area contributed by atoms with Crippen LogP contribution in [0.1, 0.15) is 32.1 Å². The summed E-state index contributed by atoms with van der Waals surface area (Å²) >= 11 is 0. The first-order valence-electron chi connectivity index (χ1n) is 6.70. The summed E-state index contributed by atoms with van der Waals surface area (Å²) in [4.78, 5) is 27.2. The van der Waals surface area contributed by atoms with E-state index in [1.54, 1.807) is 24.3 Å². The molecule has 1 aromatic carbocycles. The number of carbonyl (C=O) groups excluding carboxylic acids is 2. The molecule has 2 rings (SSSR count). The first-order valence-corrected chi connectivity index (χ1v) is 6.70. The summed E-state index contributed by atoms with van der Waals surface area (Å²) < 4.78 is 9.23. The summed E-state index contributed by atoms with van der Waals surface area (Å²) in [6.45, 7) is 0. The van der Waals surface area contributed by atoms with Crippen LogP contribution in [-0.4, -0.2) is 36.2 Å². The van der Waals surface area contributed by atoms with E-state index < -0.39 is 11.9 Å². The molecule has 1 N–H and O–H groups in total. The SMILES string of the molecule is COC(=O)c1cc(/C=C(\O)c2ccccc2)cc(C(=O)OC)n1. The van der Waals surface area contributed by atoms with E-state index in [2.05, 4.69) is 14.5 Å². The summed E-state index contributed by atoms with van der Waals surface area (Å²) in [5, 5.41) is 10.2. The van der Waals surface area contributed by atoms with Crippen molar-refractivity contribution in [3.63, 3.8) is 0 Å². The maximum absolute atomic E-state index is 11.7. The van der Waals surface area contributed by atoms with Gasteiger partial charge in [0.05, 0.1) is 14.2 Å². The lowest BCUT2D eigenvalue weighted by Crippen LogP contribution is -2.11. The van der Waals surface area contributed by atoms with Crippen LogP contribution in [0.4, 0.5) is 0 Å². The van der Waals surface area contributed by atoms with E-state index >= 15 is 0 Å². The number of nitrogens with zero attached hydrogens (tertiary/aromatic N) is 1. The van der Waals surface area contributed by atoms with Gasteiger partial charge in [-0.05, 0) is 23.8 Å². The lowest BCUT2D eigenvalue weighted by atomic mass is 10.1. The normalized spacial score (nSPS) is 11.0. The molecule has 6 heteroatoms. The van der Waals surface area contributed by atoms with Gasteiger partial charge < -0.3 is 14.6 Å². The molecule has 0 saturated carbocycles. The highest BCUT2D eigenvalue weighted by atomic mass is 16.5. The molecular formula is C17H15NO5. The van der Waals surface area contributed by atoms with Crippen LogP contribution in [0.15, 0.2) is 42.5 Å². The van der Waals surface area contributed by atoms with Crippen molar-refractivity contribution in [2.45, 2.75) is 0 Å². The van der Waals surface area contributed by atoms with E-state index in [1.165, 1.54) is 32.4 Å². The van der Waals surface area contributed by atoms with Gasteiger partial charge in [0.2, 0.25) is 0 Å². The van der Waals surface area contributed by atoms with Crippen LogP contribution in [0.25, 0.3) is 11.8 Å². The number of aromatic nitrogens is 1. The Hall–Kier alpha value is -3.15. The number of pyridine rings is 1. The van der Waals surface area contributed by atoms with Gasteiger partial charge in [0.15, 0.2) is 0 Å². The van der Waals surface area contributed by atoms with E-state index in [0.29, 0.717) is 11.1 Å². The van der Waals surface area contributed by atoms with Crippen LogP contribution in [0.5, 0.6) is 0 Å². The zero-order chi connectivity index (χ0) is 16.8. The van der Waals surface area contributed by atoms with Crippen molar-refractivity contribution >= 4 is 23.8 Å². The molecule has 0 amide bonds. The highest BCUT2D eigenvalue weighted by Gasteiger charge is 2.15. The summed E-state index contributed by atoms with van der Waals surface area (Å²) in [5.41, 5.74) is 0.913. The van der Waals surface area contributed by atoms with Crippen LogP contribution in [0, 0.1) is 0 Å². The third kappa shape index (κ3) is 3.94. The van der Waals surface area contributed by atoms with Crippen LogP contribution in [0.3, 0.4) is 0 Å². The molecule has 0 atom stereocenters. The second-order valence-electron chi connectivity index (χ2n) is 4.55. The smallest absolute Gasteiger partial charge is 0.356 e. The second-order valence-corrected chi connectivity index (χ2v) is 4.55. The summed E-state index contributed by atoms with van der Waals surface area (Å²) in [5.74, 6) is -1.39. The molecule has 2 aromatic rings. The third-order valence-corrected chi connectivity index (χ3v) is 3.01. The topological polar surface area (TPSA) is 85.7 Å². The minimum absolute atomic E-state index is 0.0107. The Kier molecular flexibility index (Phi) is 5.09. The molecule has 0 saturated heterocycles. The predicted molar refractivity (Wildman–Crippen MR) is 83.9 cm³/mol. The van der Waals surface area contributed by atoms with E-state index in [1.807, 2.05) is 6.07 Å². The van der Waals surface area contributed by atoms with Gasteiger partial charge in [0.25, 0.3) is 0 Å². The lowest BCUT2D eigenvalue weighted by molar-refractivity contribution is 0.0585. The molecule has 0 unspecified atom stereocenters. The fraction of sp³-hybridized carbons (Fsp3) is 0.118. The Morgan fingerprint density at radius 3 is 2.00 bits per heavy atom. The fourth-order valence-electron chi connectivity index (χ4n) is 1.90. The molecule has 1 aromatic heterocycles. The van der Waals surface area contributed by atoms with Crippen molar-refractivity contribution in [3.05, 3.63) is 65.0 Å². The number of hydrogen-bond acceptors (Lipinski definition) is 6. The molecule has 0 fully saturated rings. The molecule has 0 aliphatic rings. The highest BCUT2D eigenvalue weighted by Crippen LogP contribution is 2.17. The number of benzene rings is 1. The monoisotopic (exact) mass is 313 g/mol. The molecule has 1 heterocycles. The average molecular weight is 313 g/mol. The number of rotatable bonds is 4. The number of ether oxygens (including phenoxy) is 2. The summed E-state index contributed by atoms with van der Waals surface area (Å²) in [6.07, 6.45) is 1.43. The molecule has 0 aliphatic carbocycles. The lowest BCUT2D eigenvalue weighted by Gasteiger charge is -2.05. The van der Waals surface area contributed by atoms with Crippen LogP contribution >= 0.6 is 0 Å². The summed E-state index contributed by atoms with van der Waals surface area (Å²) in [6, 6.07) is 11.7. The zero-order valence-electron chi connectivity index (χ0n) is 12.6. The average Bonchev–Trinajstić information content (AvgIpc) is 2.60. The zero-order valence-corrected chi connectivity index (χ0v) is 12.6. The molecule has 0 aliphatic heterocycles. The Labute approximate surface area is 133 Å². The van der Waals surface area contributed by atoms with E-state index in [9.17, 15) is 14.7 Å². The Bertz CT molecular complexity index is 719. The molecule has 0 spiro atoms. The highest BCUT2D eigenvalue weighted by molar-refractivity contribution is 5.93. The van der Waals surface area contributed by atoms with Gasteiger partial charge in [-0.15, -0.1) is 0 Å². The minimum Gasteiger partial charge on any atom is -0.507 e. The first-order chi connectivity index (χ1) is 11.0. The van der Waals surface area contributed by atoms with Gasteiger partial charge in [0.1, 0.15) is 17.1 Å². The van der Waals surface area contributed by atoms with Crippen molar-refractivity contribution in [2.24, 2.45) is 0 Å². The number of aliphatic hydroxyl groups excluding tert-OH is 1. The van der Waals surface area contributed by atoms with Crippen molar-refractivity contribution in [1.82, 2.24) is 4.98 Å². The summed E-state index contributed by atoms with van der Waals surface area (Å²) in [7, 11) is 2.43. The van der Waals surface area contributed by atoms with Gasteiger partial charge in [-0.3, -0.25) is 0 Å². The number of esters is 2. The van der Waals surface area contributed by atoms with E-state index in [0.717, 1.165) is 0 Å². The molecule has 118 valence electrons. The van der Waals surface area contributed by atoms with Crippen molar-refractivity contribution < 1.29 is 24.2 Å². The van der Waals surface area contributed by atoms with E-state index in [4.69, 9.17) is 0 Å². The maximum atomic E-state index is 11.7. The standard InChI is InChI=1S/C17H15NO5/c1-22-16(20)13-8-11(9-14(18-13)17(21)23-2)10-15(19)12-6-4-3-5-7-12/h3-10,19H,1-2H3/b15-10-. The fourth-order valence-corrected chi connectivity index (χ4v) is 1.90. The van der Waals surface area contributed by atoms with Gasteiger partial charge >= 0.3 is 11.9 Å². The number of methoxy groups -OCH3 is 2. The predicted octanol–water partition coefficient (Wildman–Crippen LogP) is 2.71. The van der Waals surface area contributed by atoms with Gasteiger partial charge in [-0.1, -0.05) is 30.3 Å². The van der Waals surface area contributed by atoms with Gasteiger partial charge in [-0.25, -0.2) is 14.6 Å². The number of aliphatic hydroxyl groups is 1. The van der Waals surface area contributed by atoms with Crippen molar-refractivity contribution in [1.29, 1.82) is 0 Å². The maximum Gasteiger partial charge on any atom is 0.356 e. The molecule has 23 heavy (non-hydrogen) atoms. The Morgan fingerprint density at radius 1 is 1.00 bits per heavy atom. The number of carbonyl (C=O) groups is 2. The molecule has 6 nitrogen and oxygen atoms in total.